The van der Waals surface area contributed by atoms with Crippen molar-refractivity contribution in [3.63, 3.8) is 0 Å². The quantitative estimate of drug-likeness (QED) is 0.597. The fraction of sp³-hybridized carbons (Fsp3) is 0.600. The van der Waals surface area contributed by atoms with Crippen molar-refractivity contribution in [2.24, 2.45) is 0 Å². The van der Waals surface area contributed by atoms with E-state index in [0.29, 0.717) is 11.8 Å². The van der Waals surface area contributed by atoms with Crippen LogP contribution in [0.3, 0.4) is 0 Å². The largest absolute Gasteiger partial charge is 0.484 e. The van der Waals surface area contributed by atoms with Crippen LogP contribution in [0.25, 0.3) is 0 Å². The number of nitrogens with one attached hydrogen (secondary N) is 2. The topological polar surface area (TPSA) is 76.4 Å². The average molecular weight is 293 g/mol. The van der Waals surface area contributed by atoms with Gasteiger partial charge < -0.3 is 15.4 Å². The molecular weight excluding hydrogens is 270 g/mol. The second-order valence-corrected chi connectivity index (χ2v) is 5.61. The third kappa shape index (κ3) is 4.60. The van der Waals surface area contributed by atoms with Crippen LogP contribution in [0.5, 0.6) is 5.75 Å². The van der Waals surface area contributed by atoms with E-state index in [-0.39, 0.29) is 11.8 Å². The van der Waals surface area contributed by atoms with Gasteiger partial charge in [-0.25, -0.2) is 0 Å². The molecule has 0 saturated carbocycles. The van der Waals surface area contributed by atoms with Crippen LogP contribution in [-0.2, 0) is 0 Å². The molecule has 116 valence electrons. The number of nitro groups is 1. The van der Waals surface area contributed by atoms with Crippen LogP contribution in [0.2, 0.25) is 0 Å². The lowest BCUT2D eigenvalue weighted by atomic mass is 10.1. The van der Waals surface area contributed by atoms with Gasteiger partial charge in [0.05, 0.1) is 11.0 Å². The molecule has 6 nitrogen and oxygen atoms in total. The Hall–Kier alpha value is -1.82. The molecule has 2 N–H and O–H groups in total. The molecule has 1 atom stereocenters. The summed E-state index contributed by atoms with van der Waals surface area (Å²) in [5.41, 5.74) is 0.862. The maximum Gasteiger partial charge on any atom is 0.311 e. The van der Waals surface area contributed by atoms with Crippen molar-refractivity contribution in [1.29, 1.82) is 0 Å². The lowest BCUT2D eigenvalue weighted by Gasteiger charge is -2.14. The van der Waals surface area contributed by atoms with Crippen LogP contribution in [-0.4, -0.2) is 30.2 Å². The molecule has 0 aromatic heterocycles. The molecule has 21 heavy (non-hydrogen) atoms. The van der Waals surface area contributed by atoms with Crippen molar-refractivity contribution in [1.82, 2.24) is 5.32 Å². The molecule has 1 fully saturated rings. The Balaban J connectivity index is 1.97. The minimum absolute atomic E-state index is 0.00621. The Morgan fingerprint density at radius 1 is 1.52 bits per heavy atom. The smallest absolute Gasteiger partial charge is 0.311 e. The molecular formula is C15H23N3O3. The summed E-state index contributed by atoms with van der Waals surface area (Å²) in [7, 11) is 0. The van der Waals surface area contributed by atoms with E-state index in [4.69, 9.17) is 4.74 Å². The summed E-state index contributed by atoms with van der Waals surface area (Å²) in [6, 6.07) is 5.52. The molecule has 1 aromatic rings. The summed E-state index contributed by atoms with van der Waals surface area (Å²) in [6.07, 6.45) is 3.43. The zero-order valence-electron chi connectivity index (χ0n) is 12.6. The van der Waals surface area contributed by atoms with Crippen LogP contribution in [0, 0.1) is 10.1 Å². The van der Waals surface area contributed by atoms with Gasteiger partial charge in [0.15, 0.2) is 5.75 Å². The highest BCUT2D eigenvalue weighted by atomic mass is 16.6. The summed E-state index contributed by atoms with van der Waals surface area (Å²) in [5.74, 6) is 0.319. The number of rotatable bonds is 7. The van der Waals surface area contributed by atoms with Gasteiger partial charge in [0, 0.05) is 30.4 Å². The third-order valence-corrected chi connectivity index (χ3v) is 3.50. The van der Waals surface area contributed by atoms with Gasteiger partial charge in [-0.05, 0) is 45.7 Å². The molecule has 0 amide bonds. The Bertz CT molecular complexity index is 485. The maximum atomic E-state index is 11.0. The van der Waals surface area contributed by atoms with Gasteiger partial charge in [0.2, 0.25) is 0 Å². The van der Waals surface area contributed by atoms with E-state index < -0.39 is 4.92 Å². The number of nitrogens with zero attached hydrogens (tertiary/aromatic N) is 1. The molecule has 1 aliphatic heterocycles. The number of hydrogen-bond donors (Lipinski definition) is 2. The first-order valence-corrected chi connectivity index (χ1v) is 7.48. The highest BCUT2D eigenvalue weighted by Gasteiger charge is 2.17. The highest BCUT2D eigenvalue weighted by molar-refractivity contribution is 5.58. The van der Waals surface area contributed by atoms with E-state index in [1.807, 2.05) is 13.8 Å². The minimum Gasteiger partial charge on any atom is -0.484 e. The molecule has 6 heteroatoms. The van der Waals surface area contributed by atoms with Gasteiger partial charge >= 0.3 is 5.69 Å². The summed E-state index contributed by atoms with van der Waals surface area (Å²) >= 11 is 0. The second kappa shape index (κ2) is 7.26. The van der Waals surface area contributed by atoms with E-state index in [9.17, 15) is 10.1 Å². The van der Waals surface area contributed by atoms with Crippen molar-refractivity contribution in [2.75, 3.05) is 18.4 Å². The molecule has 0 spiro atoms. The summed E-state index contributed by atoms with van der Waals surface area (Å²) < 4.78 is 5.53. The lowest BCUT2D eigenvalue weighted by Crippen LogP contribution is -2.24. The monoisotopic (exact) mass is 293 g/mol. The SMILES string of the molecule is CC(C)Oc1cc(NCC[C@@H]2CCCN2)ccc1[N+](=O)[O-]. The van der Waals surface area contributed by atoms with Gasteiger partial charge in [-0.1, -0.05) is 0 Å². The van der Waals surface area contributed by atoms with Gasteiger partial charge in [-0.15, -0.1) is 0 Å². The lowest BCUT2D eigenvalue weighted by molar-refractivity contribution is -0.386. The predicted octanol–water partition coefficient (Wildman–Crippen LogP) is 2.94. The van der Waals surface area contributed by atoms with E-state index in [2.05, 4.69) is 10.6 Å². The van der Waals surface area contributed by atoms with Crippen molar-refractivity contribution < 1.29 is 9.66 Å². The third-order valence-electron chi connectivity index (χ3n) is 3.50. The molecule has 0 bridgehead atoms. The fourth-order valence-electron chi connectivity index (χ4n) is 2.52. The molecule has 1 saturated heterocycles. The zero-order chi connectivity index (χ0) is 15.2. The van der Waals surface area contributed by atoms with Crippen LogP contribution in [0.4, 0.5) is 11.4 Å². The molecule has 1 aromatic carbocycles. The Labute approximate surface area is 125 Å². The fourth-order valence-corrected chi connectivity index (χ4v) is 2.52. The Kier molecular flexibility index (Phi) is 5.38. The van der Waals surface area contributed by atoms with E-state index in [1.165, 1.54) is 18.9 Å². The molecule has 2 rings (SSSR count). The molecule has 0 aliphatic carbocycles. The van der Waals surface area contributed by atoms with E-state index >= 15 is 0 Å². The number of ether oxygens (including phenoxy) is 1. The standard InChI is InChI=1S/C15H23N3O3/c1-11(2)21-15-10-13(5-6-14(15)18(19)20)17-9-7-12-4-3-8-16-12/h5-6,10-12,16-17H,3-4,7-9H2,1-2H3/t12-/m0/s1. The van der Waals surface area contributed by atoms with Crippen LogP contribution < -0.4 is 15.4 Å². The molecule has 0 radical (unpaired) electrons. The zero-order valence-corrected chi connectivity index (χ0v) is 12.6. The van der Waals surface area contributed by atoms with Gasteiger partial charge in [-0.2, -0.15) is 0 Å². The van der Waals surface area contributed by atoms with Gasteiger partial charge in [-0.3, -0.25) is 10.1 Å². The summed E-state index contributed by atoms with van der Waals surface area (Å²) in [5, 5.41) is 17.8. The summed E-state index contributed by atoms with van der Waals surface area (Å²) in [4.78, 5) is 10.6. The minimum atomic E-state index is -0.413. The van der Waals surface area contributed by atoms with Gasteiger partial charge in [0.25, 0.3) is 0 Å². The summed E-state index contributed by atoms with van der Waals surface area (Å²) in [6.45, 7) is 5.66. The number of nitro benzene ring substituents is 1. The van der Waals surface area contributed by atoms with E-state index in [0.717, 1.165) is 25.2 Å². The van der Waals surface area contributed by atoms with Crippen molar-refractivity contribution in [3.8, 4) is 5.75 Å². The van der Waals surface area contributed by atoms with Crippen LogP contribution in [0.1, 0.15) is 33.1 Å². The normalized spacial score (nSPS) is 18.0. The molecule has 0 unspecified atom stereocenters. The number of hydrogen-bond acceptors (Lipinski definition) is 5. The first kappa shape index (κ1) is 15.6. The first-order chi connectivity index (χ1) is 10.1. The van der Waals surface area contributed by atoms with Crippen molar-refractivity contribution in [2.45, 2.75) is 45.3 Å². The average Bonchev–Trinajstić information content (AvgIpc) is 2.91. The Morgan fingerprint density at radius 2 is 2.33 bits per heavy atom. The van der Waals surface area contributed by atoms with Crippen molar-refractivity contribution >= 4 is 11.4 Å². The number of benzene rings is 1. The van der Waals surface area contributed by atoms with Crippen LogP contribution in [0.15, 0.2) is 18.2 Å². The maximum absolute atomic E-state index is 11.0. The van der Waals surface area contributed by atoms with Gasteiger partial charge in [0.1, 0.15) is 0 Å². The van der Waals surface area contributed by atoms with Crippen molar-refractivity contribution in [3.05, 3.63) is 28.3 Å². The van der Waals surface area contributed by atoms with Crippen LogP contribution >= 0.6 is 0 Å². The molecule has 1 heterocycles. The molecule has 1 aliphatic rings. The Morgan fingerprint density at radius 3 is 2.95 bits per heavy atom. The first-order valence-electron chi connectivity index (χ1n) is 7.48. The predicted molar refractivity (Wildman–Crippen MR) is 83.0 cm³/mol. The van der Waals surface area contributed by atoms with E-state index in [1.54, 1.807) is 12.1 Å². The second-order valence-electron chi connectivity index (χ2n) is 5.61. The highest BCUT2D eigenvalue weighted by Crippen LogP contribution is 2.31. The number of anilines is 1.